The van der Waals surface area contributed by atoms with E-state index in [1.54, 1.807) is 30.0 Å². The number of nitrogens with one attached hydrogen (secondary N) is 1. The van der Waals surface area contributed by atoms with E-state index >= 15 is 0 Å². The highest BCUT2D eigenvalue weighted by Crippen LogP contribution is 2.25. The van der Waals surface area contributed by atoms with E-state index in [9.17, 15) is 14.3 Å². The third-order valence-electron chi connectivity index (χ3n) is 4.35. The van der Waals surface area contributed by atoms with E-state index in [0.717, 1.165) is 0 Å². The lowest BCUT2D eigenvalue weighted by molar-refractivity contribution is -0.123. The maximum absolute atomic E-state index is 14.0. The molecule has 0 aliphatic carbocycles. The number of nitrogens with zero attached hydrogens (tertiary/aromatic N) is 2. The van der Waals surface area contributed by atoms with Crippen LogP contribution in [0.4, 0.5) is 4.39 Å². The Morgan fingerprint density at radius 3 is 2.96 bits per heavy atom. The Hall–Kier alpha value is -2.25. The summed E-state index contributed by atoms with van der Waals surface area (Å²) in [6.07, 6.45) is 1.69. The molecule has 0 saturated carbocycles. The molecule has 2 aromatic rings. The molecule has 1 aliphatic rings. The molecule has 7 heteroatoms. The van der Waals surface area contributed by atoms with Gasteiger partial charge in [-0.25, -0.2) is 4.39 Å². The molecule has 0 unspecified atom stereocenters. The number of hydrogen-bond acceptors (Lipinski definition) is 4. The van der Waals surface area contributed by atoms with Crippen molar-refractivity contribution in [3.8, 4) is 0 Å². The van der Waals surface area contributed by atoms with E-state index in [0.29, 0.717) is 23.4 Å². The van der Waals surface area contributed by atoms with Crippen molar-refractivity contribution in [2.24, 2.45) is 0 Å². The number of aryl methyl sites for hydroxylation is 1. The van der Waals surface area contributed by atoms with E-state index in [1.165, 1.54) is 12.3 Å². The number of morpholine rings is 1. The van der Waals surface area contributed by atoms with Gasteiger partial charge in [-0.3, -0.25) is 9.89 Å². The number of rotatable bonds is 4. The van der Waals surface area contributed by atoms with Gasteiger partial charge < -0.3 is 14.7 Å². The molecule has 0 radical (unpaired) electrons. The molecule has 3 rings (SSSR count). The normalized spacial score (nSPS) is 21.0. The summed E-state index contributed by atoms with van der Waals surface area (Å²) < 4.78 is 19.7. The van der Waals surface area contributed by atoms with Crippen molar-refractivity contribution in [3.05, 3.63) is 53.1 Å². The van der Waals surface area contributed by atoms with E-state index in [-0.39, 0.29) is 37.9 Å². The molecule has 128 valence electrons. The fourth-order valence-corrected chi connectivity index (χ4v) is 3.00. The third-order valence-corrected chi connectivity index (χ3v) is 4.35. The van der Waals surface area contributed by atoms with Gasteiger partial charge in [-0.05, 0) is 18.6 Å². The van der Waals surface area contributed by atoms with Gasteiger partial charge in [-0.2, -0.15) is 5.10 Å². The van der Waals surface area contributed by atoms with E-state index in [2.05, 4.69) is 10.2 Å². The maximum Gasteiger partial charge on any atom is 0.257 e. The van der Waals surface area contributed by atoms with Crippen molar-refractivity contribution >= 4 is 5.91 Å². The quantitative estimate of drug-likeness (QED) is 0.884. The number of hydrogen-bond donors (Lipinski definition) is 2. The number of H-pyrrole nitrogens is 1. The minimum atomic E-state index is -1.01. The van der Waals surface area contributed by atoms with Gasteiger partial charge in [-0.15, -0.1) is 0 Å². The molecule has 1 aromatic carbocycles. The average Bonchev–Trinajstić information content (AvgIpc) is 3.02. The van der Waals surface area contributed by atoms with Gasteiger partial charge in [-0.1, -0.05) is 18.2 Å². The van der Waals surface area contributed by atoms with Gasteiger partial charge in [0.2, 0.25) is 0 Å². The second-order valence-corrected chi connectivity index (χ2v) is 6.09. The van der Waals surface area contributed by atoms with Crippen LogP contribution in [-0.4, -0.2) is 58.0 Å². The number of ether oxygens (including phenoxy) is 1. The summed E-state index contributed by atoms with van der Waals surface area (Å²) in [6.45, 7) is 2.39. The van der Waals surface area contributed by atoms with Crippen LogP contribution in [0.2, 0.25) is 0 Å². The summed E-state index contributed by atoms with van der Waals surface area (Å²) in [5, 5.41) is 16.5. The molecular formula is C17H20FN3O3. The Kier molecular flexibility index (Phi) is 4.64. The molecule has 2 N–H and O–H groups in total. The van der Waals surface area contributed by atoms with E-state index in [4.69, 9.17) is 4.74 Å². The molecule has 1 aromatic heterocycles. The van der Waals surface area contributed by atoms with Crippen molar-refractivity contribution in [2.45, 2.75) is 18.9 Å². The number of aliphatic hydroxyl groups is 1. The SMILES string of the molecule is Cc1[nH]ncc1C(=O)N1CCO[C@](CO)(Cc2ccccc2F)C1. The zero-order valence-electron chi connectivity index (χ0n) is 13.5. The summed E-state index contributed by atoms with van der Waals surface area (Å²) >= 11 is 0. The van der Waals surface area contributed by atoms with Crippen LogP contribution in [0.15, 0.2) is 30.5 Å². The number of aromatic amines is 1. The Morgan fingerprint density at radius 1 is 1.50 bits per heavy atom. The highest BCUT2D eigenvalue weighted by atomic mass is 19.1. The molecule has 1 fully saturated rings. The van der Waals surface area contributed by atoms with Crippen LogP contribution in [0.5, 0.6) is 0 Å². The van der Waals surface area contributed by atoms with Gasteiger partial charge in [0.15, 0.2) is 0 Å². The Balaban J connectivity index is 1.81. The molecule has 1 atom stereocenters. The summed E-state index contributed by atoms with van der Waals surface area (Å²) in [5.41, 5.74) is 0.637. The molecule has 0 spiro atoms. The Bertz CT molecular complexity index is 733. The highest BCUT2D eigenvalue weighted by molar-refractivity contribution is 5.95. The maximum atomic E-state index is 14.0. The second kappa shape index (κ2) is 6.70. The number of carbonyl (C=O) groups excluding carboxylic acids is 1. The molecule has 1 aliphatic heterocycles. The summed E-state index contributed by atoms with van der Waals surface area (Å²) in [6, 6.07) is 6.39. The lowest BCUT2D eigenvalue weighted by atomic mass is 9.92. The van der Waals surface area contributed by atoms with Gasteiger partial charge in [0.25, 0.3) is 5.91 Å². The lowest BCUT2D eigenvalue weighted by Gasteiger charge is -2.42. The van der Waals surface area contributed by atoms with Gasteiger partial charge in [0, 0.05) is 18.7 Å². The Labute approximate surface area is 139 Å². The predicted octanol–water partition coefficient (Wildman–Crippen LogP) is 1.30. The number of carbonyl (C=O) groups is 1. The van der Waals surface area contributed by atoms with Crippen molar-refractivity contribution in [1.29, 1.82) is 0 Å². The average molecular weight is 333 g/mol. The van der Waals surface area contributed by atoms with Gasteiger partial charge in [0.1, 0.15) is 11.4 Å². The fourth-order valence-electron chi connectivity index (χ4n) is 3.00. The summed E-state index contributed by atoms with van der Waals surface area (Å²) in [7, 11) is 0. The van der Waals surface area contributed by atoms with Crippen LogP contribution in [0.1, 0.15) is 21.6 Å². The first-order valence-corrected chi connectivity index (χ1v) is 7.82. The molecule has 6 nitrogen and oxygen atoms in total. The van der Waals surface area contributed by atoms with Crippen LogP contribution < -0.4 is 0 Å². The van der Waals surface area contributed by atoms with E-state index < -0.39 is 5.60 Å². The van der Waals surface area contributed by atoms with Crippen molar-refractivity contribution in [3.63, 3.8) is 0 Å². The summed E-state index contributed by atoms with van der Waals surface area (Å²) in [4.78, 5) is 14.3. The predicted molar refractivity (Wildman–Crippen MR) is 85.1 cm³/mol. The standard InChI is InChI=1S/C17H20FN3O3/c1-12-14(9-19-20-12)16(23)21-6-7-24-17(10-21,11-22)8-13-4-2-3-5-15(13)18/h2-5,9,22H,6-8,10-11H2,1H3,(H,19,20)/t17-/m1/s1. The molecule has 1 saturated heterocycles. The smallest absolute Gasteiger partial charge is 0.257 e. The molecule has 24 heavy (non-hydrogen) atoms. The first-order chi connectivity index (χ1) is 11.5. The first kappa shape index (κ1) is 16.6. The monoisotopic (exact) mass is 333 g/mol. The lowest BCUT2D eigenvalue weighted by Crippen LogP contribution is -2.57. The molecular weight excluding hydrogens is 313 g/mol. The van der Waals surface area contributed by atoms with Crippen molar-refractivity contribution in [2.75, 3.05) is 26.3 Å². The third kappa shape index (κ3) is 3.18. The number of halogens is 1. The number of aliphatic hydroxyl groups excluding tert-OH is 1. The van der Waals surface area contributed by atoms with Gasteiger partial charge >= 0.3 is 0 Å². The van der Waals surface area contributed by atoms with Crippen LogP contribution in [0.25, 0.3) is 0 Å². The van der Waals surface area contributed by atoms with Crippen LogP contribution >= 0.6 is 0 Å². The number of aromatic nitrogens is 2. The number of amides is 1. The fraction of sp³-hybridized carbons (Fsp3) is 0.412. The largest absolute Gasteiger partial charge is 0.393 e. The van der Waals surface area contributed by atoms with Crippen molar-refractivity contribution in [1.82, 2.24) is 15.1 Å². The van der Waals surface area contributed by atoms with Crippen LogP contribution in [0.3, 0.4) is 0 Å². The van der Waals surface area contributed by atoms with Crippen molar-refractivity contribution < 1.29 is 19.0 Å². The second-order valence-electron chi connectivity index (χ2n) is 6.09. The van der Waals surface area contributed by atoms with Gasteiger partial charge in [0.05, 0.1) is 31.5 Å². The van der Waals surface area contributed by atoms with E-state index in [1.807, 2.05) is 0 Å². The minimum absolute atomic E-state index is 0.170. The van der Waals surface area contributed by atoms with Crippen LogP contribution in [0, 0.1) is 12.7 Å². The highest BCUT2D eigenvalue weighted by Gasteiger charge is 2.39. The first-order valence-electron chi connectivity index (χ1n) is 7.82. The zero-order valence-corrected chi connectivity index (χ0v) is 13.5. The zero-order chi connectivity index (χ0) is 17.2. The number of benzene rings is 1. The summed E-state index contributed by atoms with van der Waals surface area (Å²) in [5.74, 6) is -0.515. The molecule has 2 heterocycles. The molecule has 1 amide bonds. The Morgan fingerprint density at radius 2 is 2.29 bits per heavy atom. The minimum Gasteiger partial charge on any atom is -0.393 e. The molecule has 0 bridgehead atoms. The topological polar surface area (TPSA) is 78.5 Å². The van der Waals surface area contributed by atoms with Crippen LogP contribution in [-0.2, 0) is 11.2 Å².